The fourth-order valence-electron chi connectivity index (χ4n) is 5.63. The van der Waals surface area contributed by atoms with Gasteiger partial charge in [0.25, 0.3) is 0 Å². The maximum absolute atomic E-state index is 13.8. The normalized spacial score (nSPS) is 19.0. The molecule has 0 spiro atoms. The van der Waals surface area contributed by atoms with Gasteiger partial charge < -0.3 is 19.8 Å². The summed E-state index contributed by atoms with van der Waals surface area (Å²) >= 11 is 0. The number of carbonyl (C=O) groups is 2. The predicted molar refractivity (Wildman–Crippen MR) is 135 cm³/mol. The number of aromatic carboxylic acids is 1. The van der Waals surface area contributed by atoms with Crippen molar-refractivity contribution in [2.24, 2.45) is 11.8 Å². The summed E-state index contributed by atoms with van der Waals surface area (Å²) in [7, 11) is 0. The molecule has 1 aromatic heterocycles. The van der Waals surface area contributed by atoms with Gasteiger partial charge in [-0.1, -0.05) is 49.3 Å². The van der Waals surface area contributed by atoms with Crippen molar-refractivity contribution in [3.8, 4) is 11.3 Å². The van der Waals surface area contributed by atoms with E-state index in [1.165, 1.54) is 6.42 Å². The maximum atomic E-state index is 13.8. The molecular weight excluding hydrogens is 442 g/mol. The van der Waals surface area contributed by atoms with E-state index in [1.54, 1.807) is 30.3 Å². The number of fused-ring (bicyclic) bond motifs is 2. The number of nitrogens with one attached hydrogen (secondary N) is 1. The molecule has 2 heterocycles. The van der Waals surface area contributed by atoms with Crippen LogP contribution in [0, 0.1) is 11.8 Å². The first-order valence-corrected chi connectivity index (χ1v) is 11.9. The van der Waals surface area contributed by atoms with E-state index < -0.39 is 5.97 Å². The summed E-state index contributed by atoms with van der Waals surface area (Å²) in [5, 5.41) is 17.9. The highest BCUT2D eigenvalue weighted by Gasteiger charge is 2.34. The Morgan fingerprint density at radius 1 is 1.06 bits per heavy atom. The fraction of sp³-hybridized carbons (Fsp3) is 0.250. The monoisotopic (exact) mass is 467 g/mol. The Hall–Kier alpha value is -4.13. The summed E-state index contributed by atoms with van der Waals surface area (Å²) in [6.07, 6.45) is 1.17. The van der Waals surface area contributed by atoms with Gasteiger partial charge in [0, 0.05) is 29.9 Å². The number of hydrogen-bond donors (Lipinski definition) is 2. The third-order valence-electron chi connectivity index (χ3n) is 6.98. The number of aromatic nitrogens is 1. The van der Waals surface area contributed by atoms with Crippen LogP contribution in [0.1, 0.15) is 46.5 Å². The lowest BCUT2D eigenvalue weighted by molar-refractivity contribution is 0.0696. The number of carboxylic acid groups (broad SMARTS) is 1. The molecule has 2 aliphatic rings. The number of carbonyl (C=O) groups excluding carboxylic acids is 1. The van der Waals surface area contributed by atoms with Crippen LogP contribution in [-0.2, 0) is 0 Å². The quantitative estimate of drug-likeness (QED) is 0.336. The first-order valence-electron chi connectivity index (χ1n) is 11.9. The molecule has 35 heavy (non-hydrogen) atoms. The molecule has 2 unspecified atom stereocenters. The van der Waals surface area contributed by atoms with Crippen molar-refractivity contribution < 1.29 is 19.2 Å². The molecule has 1 saturated heterocycles. The van der Waals surface area contributed by atoms with Crippen LogP contribution in [0.3, 0.4) is 0 Å². The summed E-state index contributed by atoms with van der Waals surface area (Å²) in [6, 6.07) is 16.0. The van der Waals surface area contributed by atoms with Gasteiger partial charge in [0.2, 0.25) is 0 Å². The minimum atomic E-state index is -1.01. The first kappa shape index (κ1) is 21.4. The largest absolute Gasteiger partial charge is 0.478 e. The van der Waals surface area contributed by atoms with E-state index in [0.717, 1.165) is 24.3 Å². The van der Waals surface area contributed by atoms with Crippen LogP contribution in [0.2, 0.25) is 0 Å². The highest BCUT2D eigenvalue weighted by atomic mass is 16.5. The SMILES string of the molecule is CC1CC(C)CN(c2cc(Nc3cccc(C(=O)O)c3)c3c4c(onc24)-c2ccccc2C3=O)C1. The van der Waals surface area contributed by atoms with E-state index in [1.807, 2.05) is 24.3 Å². The number of ketones is 1. The van der Waals surface area contributed by atoms with Crippen molar-refractivity contribution in [3.05, 3.63) is 71.3 Å². The number of anilines is 3. The van der Waals surface area contributed by atoms with Crippen LogP contribution in [0.5, 0.6) is 0 Å². The Labute approximate surface area is 202 Å². The van der Waals surface area contributed by atoms with E-state index >= 15 is 0 Å². The molecule has 7 nitrogen and oxygen atoms in total. The Kier molecular flexibility index (Phi) is 4.88. The molecular formula is C28H25N3O4. The molecule has 0 radical (unpaired) electrons. The van der Waals surface area contributed by atoms with Gasteiger partial charge >= 0.3 is 5.97 Å². The Morgan fingerprint density at radius 2 is 1.80 bits per heavy atom. The molecule has 176 valence electrons. The summed E-state index contributed by atoms with van der Waals surface area (Å²) in [5.74, 6) is 0.531. The lowest BCUT2D eigenvalue weighted by Crippen LogP contribution is -2.39. The predicted octanol–water partition coefficient (Wildman–Crippen LogP) is 5.96. The van der Waals surface area contributed by atoms with Gasteiger partial charge in [0.15, 0.2) is 11.5 Å². The molecule has 6 rings (SSSR count). The topological polar surface area (TPSA) is 95.7 Å². The van der Waals surface area contributed by atoms with Crippen LogP contribution in [0.15, 0.2) is 59.1 Å². The van der Waals surface area contributed by atoms with Gasteiger partial charge in [-0.3, -0.25) is 4.79 Å². The molecule has 7 heteroatoms. The molecule has 2 atom stereocenters. The molecule has 1 aliphatic heterocycles. The van der Waals surface area contributed by atoms with Gasteiger partial charge in [-0.15, -0.1) is 0 Å². The smallest absolute Gasteiger partial charge is 0.335 e. The van der Waals surface area contributed by atoms with E-state index in [-0.39, 0.29) is 11.3 Å². The van der Waals surface area contributed by atoms with Crippen LogP contribution >= 0.6 is 0 Å². The van der Waals surface area contributed by atoms with Gasteiger partial charge in [0.1, 0.15) is 5.52 Å². The third-order valence-corrected chi connectivity index (χ3v) is 6.98. The molecule has 4 aromatic rings. The molecule has 1 aliphatic carbocycles. The van der Waals surface area contributed by atoms with Crippen LogP contribution in [-0.4, -0.2) is 35.1 Å². The summed E-state index contributed by atoms with van der Waals surface area (Å²) in [5.41, 5.74) is 4.78. The van der Waals surface area contributed by atoms with Gasteiger partial charge in [-0.2, -0.15) is 0 Å². The van der Waals surface area contributed by atoms with Crippen molar-refractivity contribution in [1.29, 1.82) is 0 Å². The minimum Gasteiger partial charge on any atom is -0.478 e. The average Bonchev–Trinajstić information content (AvgIpc) is 3.27. The first-order chi connectivity index (χ1) is 16.9. The summed E-state index contributed by atoms with van der Waals surface area (Å²) in [6.45, 7) is 6.28. The van der Waals surface area contributed by atoms with Gasteiger partial charge in [-0.25, -0.2) is 4.79 Å². The number of benzene rings is 3. The van der Waals surface area contributed by atoms with Crippen molar-refractivity contribution in [2.45, 2.75) is 20.3 Å². The molecule has 0 bridgehead atoms. The molecule has 1 fully saturated rings. The van der Waals surface area contributed by atoms with Crippen LogP contribution < -0.4 is 10.2 Å². The molecule has 0 amide bonds. The van der Waals surface area contributed by atoms with E-state index in [2.05, 4.69) is 29.2 Å². The second-order valence-electron chi connectivity index (χ2n) is 9.79. The lowest BCUT2D eigenvalue weighted by Gasteiger charge is -2.37. The Morgan fingerprint density at radius 3 is 2.54 bits per heavy atom. The lowest BCUT2D eigenvalue weighted by atomic mass is 9.85. The zero-order valence-electron chi connectivity index (χ0n) is 19.5. The van der Waals surface area contributed by atoms with Gasteiger partial charge in [0.05, 0.1) is 27.9 Å². The maximum Gasteiger partial charge on any atom is 0.335 e. The molecule has 2 N–H and O–H groups in total. The number of nitrogens with zero attached hydrogens (tertiary/aromatic N) is 2. The van der Waals surface area contributed by atoms with Crippen molar-refractivity contribution in [3.63, 3.8) is 0 Å². The number of hydrogen-bond acceptors (Lipinski definition) is 6. The number of piperidine rings is 1. The van der Waals surface area contributed by atoms with E-state index in [4.69, 9.17) is 4.52 Å². The van der Waals surface area contributed by atoms with Crippen molar-refractivity contribution >= 4 is 39.7 Å². The molecule has 0 saturated carbocycles. The van der Waals surface area contributed by atoms with Crippen LogP contribution in [0.25, 0.3) is 22.2 Å². The average molecular weight is 468 g/mol. The number of carboxylic acids is 1. The highest BCUT2D eigenvalue weighted by Crippen LogP contribution is 2.47. The van der Waals surface area contributed by atoms with E-state index in [9.17, 15) is 14.7 Å². The summed E-state index contributed by atoms with van der Waals surface area (Å²) < 4.78 is 5.88. The van der Waals surface area contributed by atoms with Crippen molar-refractivity contribution in [2.75, 3.05) is 23.3 Å². The van der Waals surface area contributed by atoms with E-state index in [0.29, 0.717) is 51.0 Å². The second-order valence-corrected chi connectivity index (χ2v) is 9.79. The highest BCUT2D eigenvalue weighted by molar-refractivity contribution is 6.28. The zero-order chi connectivity index (χ0) is 24.3. The standard InChI is InChI=1S/C28H25N3O4/c1-15-10-16(2)14-31(13-15)22-12-21(29-18-7-5-6-17(11-18)28(33)34)23-24-25(22)30-35-27(24)20-9-4-3-8-19(20)26(23)32/h3-9,11-12,15-16,29H,10,13-14H2,1-2H3,(H,33,34). The Balaban J connectivity index is 1.58. The van der Waals surface area contributed by atoms with Crippen molar-refractivity contribution in [1.82, 2.24) is 5.16 Å². The number of rotatable bonds is 4. The van der Waals surface area contributed by atoms with Crippen LogP contribution in [0.4, 0.5) is 17.1 Å². The fourth-order valence-corrected chi connectivity index (χ4v) is 5.63. The van der Waals surface area contributed by atoms with Gasteiger partial charge in [-0.05, 0) is 42.5 Å². The minimum absolute atomic E-state index is 0.106. The third kappa shape index (κ3) is 3.46. The second kappa shape index (κ2) is 7.98. The molecule has 3 aromatic carbocycles. The zero-order valence-corrected chi connectivity index (χ0v) is 19.5. The Bertz CT molecular complexity index is 1500. The summed E-state index contributed by atoms with van der Waals surface area (Å²) in [4.78, 5) is 27.6.